The predicted octanol–water partition coefficient (Wildman–Crippen LogP) is 16.5. The number of anilines is 7. The SMILES string of the molecule is CC(C)(C)c1ccc(N(c2cc(N3c4ccccc4C4(C)CCCCC34C)cc(N3c4ccccc4C4(C)CCCCC34C)c2)c2csc3ccc(C(C)(C)C)cc23)cc1. The van der Waals surface area contributed by atoms with E-state index in [0.717, 1.165) is 0 Å². The lowest BCUT2D eigenvalue weighted by atomic mass is 9.61. The molecule has 4 unspecified atom stereocenters. The summed E-state index contributed by atoms with van der Waals surface area (Å²) in [7, 11) is 0. The van der Waals surface area contributed by atoms with Gasteiger partial charge in [0.2, 0.25) is 0 Å². The topological polar surface area (TPSA) is 9.72 Å². The number of hydrogen-bond acceptors (Lipinski definition) is 4. The van der Waals surface area contributed by atoms with Gasteiger partial charge in [0, 0.05) is 54.7 Å². The maximum Gasteiger partial charge on any atom is 0.0647 e. The summed E-state index contributed by atoms with van der Waals surface area (Å²) in [5, 5.41) is 3.73. The second kappa shape index (κ2) is 13.5. The molecule has 0 spiro atoms. The molecule has 3 nitrogen and oxygen atoms in total. The molecule has 0 amide bonds. The van der Waals surface area contributed by atoms with Crippen LogP contribution < -0.4 is 14.7 Å². The Morgan fingerprint density at radius 3 is 1.52 bits per heavy atom. The van der Waals surface area contributed by atoms with Crippen LogP contribution in [0.3, 0.4) is 0 Å². The van der Waals surface area contributed by atoms with Crippen molar-refractivity contribution in [3.63, 3.8) is 0 Å². The molecular weight excluding hydrogens is 747 g/mol. The van der Waals surface area contributed by atoms with Gasteiger partial charge in [0.15, 0.2) is 0 Å². The van der Waals surface area contributed by atoms with Gasteiger partial charge in [0.25, 0.3) is 0 Å². The Morgan fingerprint density at radius 2 is 1.00 bits per heavy atom. The van der Waals surface area contributed by atoms with Crippen LogP contribution in [0.4, 0.5) is 39.8 Å². The average molecular weight is 812 g/mol. The molecule has 6 aromatic rings. The van der Waals surface area contributed by atoms with Crippen molar-refractivity contribution in [1.82, 2.24) is 0 Å². The highest BCUT2D eigenvalue weighted by molar-refractivity contribution is 7.17. The Hall–Kier alpha value is -4.54. The smallest absolute Gasteiger partial charge is 0.0647 e. The van der Waals surface area contributed by atoms with Gasteiger partial charge < -0.3 is 14.7 Å². The third kappa shape index (κ3) is 5.64. The van der Waals surface area contributed by atoms with E-state index in [9.17, 15) is 0 Å². The highest BCUT2D eigenvalue weighted by atomic mass is 32.1. The minimum atomic E-state index is -0.0626. The van der Waals surface area contributed by atoms with Crippen molar-refractivity contribution in [2.24, 2.45) is 0 Å². The van der Waals surface area contributed by atoms with Gasteiger partial charge in [-0.3, -0.25) is 0 Å². The van der Waals surface area contributed by atoms with E-state index in [4.69, 9.17) is 0 Å². The van der Waals surface area contributed by atoms with Crippen molar-refractivity contribution in [3.8, 4) is 0 Å². The Kier molecular flexibility index (Phi) is 8.89. The molecule has 4 heteroatoms. The molecule has 4 aliphatic rings. The van der Waals surface area contributed by atoms with Gasteiger partial charge in [0.1, 0.15) is 0 Å². The van der Waals surface area contributed by atoms with Crippen LogP contribution in [-0.2, 0) is 21.7 Å². The van der Waals surface area contributed by atoms with Gasteiger partial charge >= 0.3 is 0 Å². The number of thiophene rings is 1. The Balaban J connectivity index is 1.27. The van der Waals surface area contributed by atoms with Gasteiger partial charge in [-0.2, -0.15) is 0 Å². The molecule has 2 aliphatic heterocycles. The lowest BCUT2D eigenvalue weighted by Gasteiger charge is -2.51. The van der Waals surface area contributed by atoms with Crippen molar-refractivity contribution in [2.45, 2.75) is 153 Å². The fraction of sp³-hybridized carbons (Fsp3) is 0.429. The summed E-state index contributed by atoms with van der Waals surface area (Å²) in [6.07, 6.45) is 9.82. The lowest BCUT2D eigenvalue weighted by Crippen LogP contribution is -2.55. The van der Waals surface area contributed by atoms with Gasteiger partial charge in [-0.05, 0) is 127 Å². The maximum atomic E-state index is 2.79. The van der Waals surface area contributed by atoms with Crippen molar-refractivity contribution in [2.75, 3.05) is 14.7 Å². The molecule has 3 heterocycles. The monoisotopic (exact) mass is 811 g/mol. The van der Waals surface area contributed by atoms with Gasteiger partial charge in [0.05, 0.1) is 22.5 Å². The number of hydrogen-bond donors (Lipinski definition) is 0. The normalized spacial score (nSPS) is 26.2. The number of para-hydroxylation sites is 2. The second-order valence-electron chi connectivity index (χ2n) is 21.8. The molecule has 5 aromatic carbocycles. The zero-order valence-electron chi connectivity index (χ0n) is 37.9. The first-order chi connectivity index (χ1) is 28.5. The molecule has 4 atom stereocenters. The third-order valence-corrected chi connectivity index (χ3v) is 17.3. The molecular formula is C56H65N3S. The first-order valence-corrected chi connectivity index (χ1v) is 23.7. The highest BCUT2D eigenvalue weighted by Crippen LogP contribution is 2.64. The fourth-order valence-corrected chi connectivity index (χ4v) is 13.3. The summed E-state index contributed by atoms with van der Waals surface area (Å²) < 4.78 is 1.32. The predicted molar refractivity (Wildman–Crippen MR) is 260 cm³/mol. The minimum Gasteiger partial charge on any atom is -0.334 e. The number of fused-ring (bicyclic) bond motifs is 7. The van der Waals surface area contributed by atoms with Crippen LogP contribution in [0.1, 0.15) is 143 Å². The first kappa shape index (κ1) is 39.6. The summed E-state index contributed by atoms with van der Waals surface area (Å²) >= 11 is 1.86. The summed E-state index contributed by atoms with van der Waals surface area (Å²) in [5.41, 5.74) is 14.8. The van der Waals surface area contributed by atoms with E-state index in [1.54, 1.807) is 0 Å². The zero-order valence-corrected chi connectivity index (χ0v) is 38.7. The van der Waals surface area contributed by atoms with E-state index in [2.05, 4.69) is 199 Å². The molecule has 0 bridgehead atoms. The molecule has 0 saturated heterocycles. The molecule has 60 heavy (non-hydrogen) atoms. The average Bonchev–Trinajstić information content (AvgIpc) is 3.79. The van der Waals surface area contributed by atoms with E-state index in [1.807, 2.05) is 11.3 Å². The van der Waals surface area contributed by atoms with Crippen LogP contribution in [0.2, 0.25) is 0 Å². The van der Waals surface area contributed by atoms with Crippen LogP contribution in [0.25, 0.3) is 10.1 Å². The van der Waals surface area contributed by atoms with Gasteiger partial charge in [-0.1, -0.05) is 136 Å². The molecule has 0 N–H and O–H groups in total. The molecule has 310 valence electrons. The third-order valence-electron chi connectivity index (χ3n) is 16.3. The largest absolute Gasteiger partial charge is 0.334 e. The second-order valence-corrected chi connectivity index (χ2v) is 22.7. The molecule has 2 saturated carbocycles. The molecule has 0 radical (unpaired) electrons. The number of nitrogens with zero attached hydrogens (tertiary/aromatic N) is 3. The quantitative estimate of drug-likeness (QED) is 0.172. The first-order valence-electron chi connectivity index (χ1n) is 22.9. The van der Waals surface area contributed by atoms with E-state index in [1.165, 1.54) is 124 Å². The molecule has 2 aliphatic carbocycles. The highest BCUT2D eigenvalue weighted by Gasteiger charge is 2.59. The summed E-state index contributed by atoms with van der Waals surface area (Å²) in [5.74, 6) is 0. The minimum absolute atomic E-state index is 0.0378. The molecule has 2 fully saturated rings. The molecule has 1 aromatic heterocycles. The van der Waals surface area contributed by atoms with E-state index in [0.29, 0.717) is 0 Å². The maximum absolute atomic E-state index is 2.79. The van der Waals surface area contributed by atoms with Gasteiger partial charge in [-0.15, -0.1) is 11.3 Å². The van der Waals surface area contributed by atoms with Crippen molar-refractivity contribution in [1.29, 1.82) is 0 Å². The molecule has 10 rings (SSSR count). The van der Waals surface area contributed by atoms with Crippen LogP contribution in [0, 0.1) is 0 Å². The van der Waals surface area contributed by atoms with Crippen molar-refractivity contribution in [3.05, 3.63) is 137 Å². The summed E-state index contributed by atoms with van der Waals surface area (Å²) in [4.78, 5) is 8.19. The Morgan fingerprint density at radius 1 is 0.517 bits per heavy atom. The summed E-state index contributed by atoms with van der Waals surface area (Å²) in [6, 6.07) is 43.1. The van der Waals surface area contributed by atoms with Crippen LogP contribution >= 0.6 is 11.3 Å². The zero-order chi connectivity index (χ0) is 42.0. The van der Waals surface area contributed by atoms with Crippen molar-refractivity contribution >= 4 is 61.2 Å². The van der Waals surface area contributed by atoms with E-state index in [-0.39, 0.29) is 32.7 Å². The van der Waals surface area contributed by atoms with Crippen LogP contribution in [0.15, 0.2) is 115 Å². The van der Waals surface area contributed by atoms with Crippen LogP contribution in [-0.4, -0.2) is 11.1 Å². The standard InChI is InChI=1S/C56H65N3S/c1-51(2,3)38-23-26-40(27-24-38)57(49-37-60-50-28-25-39(33-44(49)50)52(4,5)6)41-34-42(58-47-21-13-11-19-45(47)53(7)29-15-17-31-55(53,58)9)36-43(35-41)59-48-22-14-12-20-46(48)54(8)30-16-18-32-56(54,59)10/h11-14,19-28,33-37H,15-18,29-32H2,1-10H3. The number of benzene rings is 5. The van der Waals surface area contributed by atoms with E-state index < -0.39 is 0 Å². The van der Waals surface area contributed by atoms with Crippen LogP contribution in [0.5, 0.6) is 0 Å². The number of rotatable bonds is 5. The fourth-order valence-electron chi connectivity index (χ4n) is 12.4. The van der Waals surface area contributed by atoms with E-state index >= 15 is 0 Å². The van der Waals surface area contributed by atoms with Crippen molar-refractivity contribution < 1.29 is 0 Å². The summed E-state index contributed by atoms with van der Waals surface area (Å²) in [6.45, 7) is 24.2. The Labute approximate surface area is 364 Å². The lowest BCUT2D eigenvalue weighted by molar-refractivity contribution is 0.194. The Bertz CT molecular complexity index is 2520. The van der Waals surface area contributed by atoms with Gasteiger partial charge in [-0.25, -0.2) is 0 Å².